The van der Waals surface area contributed by atoms with Crippen molar-refractivity contribution in [2.75, 3.05) is 5.75 Å². The van der Waals surface area contributed by atoms with Gasteiger partial charge < -0.3 is 0 Å². The molecule has 0 aliphatic carbocycles. The molecule has 1 aliphatic rings. The van der Waals surface area contributed by atoms with E-state index in [2.05, 4.69) is 27.7 Å². The Morgan fingerprint density at radius 1 is 1.05 bits per heavy atom. The van der Waals surface area contributed by atoms with E-state index in [0.717, 1.165) is 17.0 Å². The molecule has 20 heavy (non-hydrogen) atoms. The minimum Gasteiger partial charge on any atom is -0.277 e. The molecule has 1 atom stereocenters. The summed E-state index contributed by atoms with van der Waals surface area (Å²) in [6.45, 7) is 0. The molecule has 100 valence electrons. The third-order valence-electron chi connectivity index (χ3n) is 2.96. The van der Waals surface area contributed by atoms with Crippen LogP contribution in [0.3, 0.4) is 0 Å². The molecule has 1 unspecified atom stereocenters. The van der Waals surface area contributed by atoms with Crippen molar-refractivity contribution >= 4 is 23.7 Å². The highest BCUT2D eigenvalue weighted by Gasteiger charge is 2.17. The van der Waals surface area contributed by atoms with Gasteiger partial charge in [-0.2, -0.15) is 5.10 Å². The van der Waals surface area contributed by atoms with Crippen LogP contribution in [0, 0.1) is 0 Å². The average molecular weight is 281 g/mol. The molecular weight excluding hydrogens is 266 g/mol. The first-order valence-electron chi connectivity index (χ1n) is 6.49. The maximum absolute atomic E-state index is 4.64. The summed E-state index contributed by atoms with van der Waals surface area (Å²) in [7, 11) is 0. The number of benzene rings is 2. The van der Waals surface area contributed by atoms with Crippen LogP contribution in [0.2, 0.25) is 0 Å². The lowest BCUT2D eigenvalue weighted by Gasteiger charge is -2.03. The molecule has 0 bridgehead atoms. The van der Waals surface area contributed by atoms with Crippen LogP contribution in [0.25, 0.3) is 0 Å². The second-order valence-corrected chi connectivity index (χ2v) is 5.47. The predicted molar refractivity (Wildman–Crippen MR) is 86.4 cm³/mol. The summed E-state index contributed by atoms with van der Waals surface area (Å²) in [4.78, 5) is 4.64. The van der Waals surface area contributed by atoms with Gasteiger partial charge in [0.2, 0.25) is 0 Å². The number of nitrogens with one attached hydrogen (secondary N) is 1. The summed E-state index contributed by atoms with van der Waals surface area (Å²) < 4.78 is 0. The lowest BCUT2D eigenvalue weighted by molar-refractivity contribution is 0.724. The first kappa shape index (κ1) is 12.9. The summed E-state index contributed by atoms with van der Waals surface area (Å²) in [5, 5.41) is 4.25. The van der Waals surface area contributed by atoms with Crippen LogP contribution < -0.4 is 5.43 Å². The molecule has 2 aromatic rings. The van der Waals surface area contributed by atoms with Crippen molar-refractivity contribution in [3.63, 3.8) is 0 Å². The molecule has 1 aliphatic heterocycles. The Morgan fingerprint density at radius 3 is 2.50 bits per heavy atom. The van der Waals surface area contributed by atoms with E-state index >= 15 is 0 Å². The van der Waals surface area contributed by atoms with Crippen molar-refractivity contribution in [2.24, 2.45) is 10.1 Å². The first-order chi connectivity index (χ1) is 9.92. The molecule has 0 saturated heterocycles. The van der Waals surface area contributed by atoms with Crippen LogP contribution >= 0.6 is 11.8 Å². The van der Waals surface area contributed by atoms with Crippen LogP contribution in [0.1, 0.15) is 11.1 Å². The summed E-state index contributed by atoms with van der Waals surface area (Å²) in [5.41, 5.74) is 6.48. The van der Waals surface area contributed by atoms with E-state index in [0.29, 0.717) is 0 Å². The van der Waals surface area contributed by atoms with Crippen LogP contribution in [0.4, 0.5) is 0 Å². The Kier molecular flexibility index (Phi) is 4.13. The number of aliphatic imine (C=N–C) groups is 1. The Morgan fingerprint density at radius 2 is 1.75 bits per heavy atom. The van der Waals surface area contributed by atoms with Crippen LogP contribution in [0.15, 0.2) is 70.8 Å². The van der Waals surface area contributed by atoms with Crippen LogP contribution in [0.5, 0.6) is 0 Å². The minimum absolute atomic E-state index is 0.00479. The molecule has 0 aromatic heterocycles. The molecule has 1 N–H and O–H groups in total. The van der Waals surface area contributed by atoms with E-state index in [9.17, 15) is 0 Å². The second-order valence-electron chi connectivity index (χ2n) is 4.40. The topological polar surface area (TPSA) is 36.8 Å². The maximum Gasteiger partial charge on any atom is 0.181 e. The van der Waals surface area contributed by atoms with Gasteiger partial charge in [0.15, 0.2) is 5.50 Å². The first-order valence-corrected chi connectivity index (χ1v) is 7.54. The summed E-state index contributed by atoms with van der Waals surface area (Å²) in [6, 6.07) is 20.3. The fourth-order valence-corrected chi connectivity index (χ4v) is 2.84. The van der Waals surface area contributed by atoms with Crippen molar-refractivity contribution < 1.29 is 0 Å². The summed E-state index contributed by atoms with van der Waals surface area (Å²) in [5.74, 6) is 0.919. The standard InChI is InChI=1S/C16H15N3S/c1-3-7-13(8-4-1)11-17-19-16-18-15(12-20-16)14-9-5-2-6-10-14/h1-11,16,19H,12H2/b17-11+. The largest absolute Gasteiger partial charge is 0.277 e. The monoisotopic (exact) mass is 281 g/mol. The maximum atomic E-state index is 4.64. The zero-order valence-electron chi connectivity index (χ0n) is 10.9. The second kappa shape index (κ2) is 6.39. The van der Waals surface area contributed by atoms with E-state index in [4.69, 9.17) is 0 Å². The van der Waals surface area contributed by atoms with E-state index in [1.54, 1.807) is 11.8 Å². The number of rotatable bonds is 4. The van der Waals surface area contributed by atoms with E-state index < -0.39 is 0 Å². The fraction of sp³-hybridized carbons (Fsp3) is 0.125. The molecule has 0 saturated carbocycles. The van der Waals surface area contributed by atoms with Gasteiger partial charge >= 0.3 is 0 Å². The Labute approximate surface area is 122 Å². The number of hydrogen-bond acceptors (Lipinski definition) is 4. The van der Waals surface area contributed by atoms with Gasteiger partial charge in [0.25, 0.3) is 0 Å². The molecule has 3 nitrogen and oxygen atoms in total. The van der Waals surface area contributed by atoms with Gasteiger partial charge in [0.05, 0.1) is 11.9 Å². The van der Waals surface area contributed by atoms with Crippen molar-refractivity contribution in [3.05, 3.63) is 71.8 Å². The molecule has 0 spiro atoms. The number of hydrogen-bond donors (Lipinski definition) is 1. The number of hydrazone groups is 1. The summed E-state index contributed by atoms with van der Waals surface area (Å²) in [6.07, 6.45) is 1.82. The van der Waals surface area contributed by atoms with E-state index in [-0.39, 0.29) is 5.50 Å². The highest BCUT2D eigenvalue weighted by Crippen LogP contribution is 2.21. The van der Waals surface area contributed by atoms with Gasteiger partial charge in [-0.1, -0.05) is 60.7 Å². The Balaban J connectivity index is 1.60. The highest BCUT2D eigenvalue weighted by molar-refractivity contribution is 8.00. The van der Waals surface area contributed by atoms with Crippen molar-refractivity contribution in [2.45, 2.75) is 5.50 Å². The van der Waals surface area contributed by atoms with Crippen LogP contribution in [-0.4, -0.2) is 23.2 Å². The number of nitrogens with zero attached hydrogens (tertiary/aromatic N) is 2. The van der Waals surface area contributed by atoms with Crippen molar-refractivity contribution in [3.8, 4) is 0 Å². The van der Waals surface area contributed by atoms with Gasteiger partial charge in [-0.25, -0.2) is 0 Å². The lowest BCUT2D eigenvalue weighted by Crippen LogP contribution is -2.16. The fourth-order valence-electron chi connectivity index (χ4n) is 1.94. The Hall–Kier alpha value is -2.07. The Bertz CT molecular complexity index is 608. The smallest absolute Gasteiger partial charge is 0.181 e. The van der Waals surface area contributed by atoms with E-state index in [1.807, 2.05) is 54.7 Å². The molecule has 2 aromatic carbocycles. The van der Waals surface area contributed by atoms with Crippen molar-refractivity contribution in [1.82, 2.24) is 5.43 Å². The number of thioether (sulfide) groups is 1. The predicted octanol–water partition coefficient (Wildman–Crippen LogP) is 3.13. The van der Waals surface area contributed by atoms with Crippen LogP contribution in [-0.2, 0) is 0 Å². The molecule has 4 heteroatoms. The third-order valence-corrected chi connectivity index (χ3v) is 3.92. The molecule has 1 heterocycles. The molecule has 0 fully saturated rings. The molecular formula is C16H15N3S. The van der Waals surface area contributed by atoms with Crippen molar-refractivity contribution in [1.29, 1.82) is 0 Å². The highest BCUT2D eigenvalue weighted by atomic mass is 32.2. The van der Waals surface area contributed by atoms with Gasteiger partial charge in [-0.3, -0.25) is 10.4 Å². The third kappa shape index (κ3) is 3.27. The molecule has 3 rings (SSSR count). The zero-order chi connectivity index (χ0) is 13.6. The quantitative estimate of drug-likeness (QED) is 0.690. The van der Waals surface area contributed by atoms with Gasteiger partial charge in [0.1, 0.15) is 0 Å². The minimum atomic E-state index is 0.00479. The average Bonchev–Trinajstić information content (AvgIpc) is 2.98. The van der Waals surface area contributed by atoms with Gasteiger partial charge in [-0.15, -0.1) is 11.8 Å². The zero-order valence-corrected chi connectivity index (χ0v) is 11.8. The lowest BCUT2D eigenvalue weighted by atomic mass is 10.1. The van der Waals surface area contributed by atoms with Gasteiger partial charge in [-0.05, 0) is 11.1 Å². The van der Waals surface area contributed by atoms with Gasteiger partial charge in [0, 0.05) is 5.75 Å². The van der Waals surface area contributed by atoms with E-state index in [1.165, 1.54) is 5.56 Å². The normalized spacial score (nSPS) is 18.2. The summed E-state index contributed by atoms with van der Waals surface area (Å²) >= 11 is 1.75. The molecule has 0 radical (unpaired) electrons. The SMILES string of the molecule is C(=N\NC1N=C(c2ccccc2)CS1)/c1ccccc1. The molecule has 0 amide bonds.